The highest BCUT2D eigenvalue weighted by Crippen LogP contribution is 2.16. The molecule has 0 bridgehead atoms. The first kappa shape index (κ1) is 29.1. The van der Waals surface area contributed by atoms with Gasteiger partial charge in [-0.05, 0) is 12.5 Å². The summed E-state index contributed by atoms with van der Waals surface area (Å²) in [6.07, 6.45) is -1.39. The fourth-order valence-electron chi connectivity index (χ4n) is 1.49. The Kier molecular flexibility index (Phi) is 13.2. The van der Waals surface area contributed by atoms with Gasteiger partial charge in [0.1, 0.15) is 12.4 Å². The molecule has 1 rings (SSSR count). The summed E-state index contributed by atoms with van der Waals surface area (Å²) < 4.78 is 36.1. The molecule has 2 amide bonds. The second kappa shape index (κ2) is 15.0. The highest BCUT2D eigenvalue weighted by atomic mass is 32.2. The van der Waals surface area contributed by atoms with E-state index in [1.807, 2.05) is 0 Å². The third-order valence-corrected chi connectivity index (χ3v) is 3.70. The van der Waals surface area contributed by atoms with E-state index < -0.39 is 42.4 Å². The number of rotatable bonds is 9. The van der Waals surface area contributed by atoms with E-state index in [9.17, 15) is 32.3 Å². The monoisotopic (exact) mass is 495 g/mol. The second-order valence-electron chi connectivity index (χ2n) is 5.50. The predicted octanol–water partition coefficient (Wildman–Crippen LogP) is -0.439. The Labute approximate surface area is 188 Å². The van der Waals surface area contributed by atoms with Gasteiger partial charge in [0.15, 0.2) is 11.1 Å². The summed E-state index contributed by atoms with van der Waals surface area (Å²) in [5.41, 5.74) is 10.1. The molecule has 1 aromatic heterocycles. The molecule has 1 heterocycles. The Morgan fingerprint density at radius 1 is 1.15 bits per heavy atom. The number of aliphatic carboxylic acids is 2. The van der Waals surface area contributed by atoms with E-state index in [-0.39, 0.29) is 12.4 Å². The van der Waals surface area contributed by atoms with Crippen molar-refractivity contribution in [1.29, 1.82) is 0 Å². The van der Waals surface area contributed by atoms with Crippen molar-refractivity contribution < 1.29 is 42.6 Å². The maximum absolute atomic E-state index is 12.0. The molecule has 182 valence electrons. The lowest BCUT2D eigenvalue weighted by Crippen LogP contribution is -2.36. The molecular weight excluding hydrogens is 475 g/mol. The number of nitrogens with two attached hydrogens (primary N) is 2. The minimum atomic E-state index is -4.44. The van der Waals surface area contributed by atoms with Gasteiger partial charge in [0.25, 0.3) is 0 Å². The summed E-state index contributed by atoms with van der Waals surface area (Å²) in [4.78, 5) is 51.7. The number of carboxylic acid groups (broad SMARTS) is 2. The maximum Gasteiger partial charge on any atom is 0.408 e. The third kappa shape index (κ3) is 17.5. The molecular formula is C16H20F3N7O6S. The van der Waals surface area contributed by atoms with Gasteiger partial charge >= 0.3 is 29.9 Å². The number of aliphatic imine (C=N–C) groups is 1. The number of guanidine groups is 1. The molecule has 13 nitrogen and oxygen atoms in total. The van der Waals surface area contributed by atoms with Crippen LogP contribution in [0.3, 0.4) is 0 Å². The van der Waals surface area contributed by atoms with Gasteiger partial charge in [-0.25, -0.2) is 24.5 Å². The van der Waals surface area contributed by atoms with E-state index in [1.54, 1.807) is 0 Å². The number of carboxylic acids is 2. The van der Waals surface area contributed by atoms with Gasteiger partial charge in [-0.15, -0.1) is 0 Å². The first-order chi connectivity index (χ1) is 15.3. The molecule has 0 aromatic carbocycles. The number of alkyl halides is 3. The van der Waals surface area contributed by atoms with Gasteiger partial charge in [-0.2, -0.15) is 13.2 Å². The van der Waals surface area contributed by atoms with Crippen LogP contribution >= 0.6 is 11.8 Å². The van der Waals surface area contributed by atoms with Gasteiger partial charge in [0.05, 0.1) is 0 Å². The van der Waals surface area contributed by atoms with Gasteiger partial charge < -0.3 is 32.3 Å². The zero-order valence-corrected chi connectivity index (χ0v) is 17.5. The Hall–Kier alpha value is -3.89. The SMILES string of the molecule is NC(=O)C(=O)NCCCSc1nccc(NC(N)=NCC(F)(F)F)n1.O=C(O)/C=C\C(=O)O. The molecule has 0 aliphatic heterocycles. The van der Waals surface area contributed by atoms with Crippen molar-refractivity contribution >= 4 is 47.3 Å². The van der Waals surface area contributed by atoms with Crippen LogP contribution in [0.4, 0.5) is 19.0 Å². The number of halogens is 3. The lowest BCUT2D eigenvalue weighted by atomic mass is 10.4. The Morgan fingerprint density at radius 3 is 2.27 bits per heavy atom. The van der Waals surface area contributed by atoms with Crippen LogP contribution in [-0.4, -0.2) is 74.9 Å². The van der Waals surface area contributed by atoms with E-state index in [0.29, 0.717) is 29.5 Å². The highest BCUT2D eigenvalue weighted by molar-refractivity contribution is 7.99. The standard InChI is InChI=1S/C12H16F3N7O2S.C4H4O4/c13-12(14,15)6-20-10(17)21-7-2-4-19-11(22-7)25-5-1-3-18-9(24)8(16)23;5-3(6)1-2-4(7)8/h2,4H,1,3,5-6H2,(H2,16,23)(H,18,24)(H3,17,19,20,21,22);1-2H,(H,5,6)(H,7,8)/b;2-1-. The summed E-state index contributed by atoms with van der Waals surface area (Å²) in [7, 11) is 0. The molecule has 0 spiro atoms. The molecule has 0 atom stereocenters. The Bertz CT molecular complexity index is 880. The minimum Gasteiger partial charge on any atom is -0.478 e. The number of amides is 2. The number of thioether (sulfide) groups is 1. The normalized spacial score (nSPS) is 11.3. The van der Waals surface area contributed by atoms with Crippen LogP contribution in [0.5, 0.6) is 0 Å². The molecule has 0 aliphatic carbocycles. The largest absolute Gasteiger partial charge is 0.478 e. The van der Waals surface area contributed by atoms with Crippen molar-refractivity contribution in [1.82, 2.24) is 15.3 Å². The fourth-order valence-corrected chi connectivity index (χ4v) is 2.26. The van der Waals surface area contributed by atoms with Crippen molar-refractivity contribution in [2.24, 2.45) is 16.5 Å². The lowest BCUT2D eigenvalue weighted by molar-refractivity contribution is -0.137. The molecule has 0 fully saturated rings. The maximum atomic E-state index is 12.0. The second-order valence-corrected chi connectivity index (χ2v) is 6.56. The average Bonchev–Trinajstić information content (AvgIpc) is 2.70. The Balaban J connectivity index is 0.00000109. The highest BCUT2D eigenvalue weighted by Gasteiger charge is 2.26. The zero-order valence-electron chi connectivity index (χ0n) is 16.7. The number of primary amides is 1. The van der Waals surface area contributed by atoms with E-state index in [2.05, 4.69) is 25.6 Å². The van der Waals surface area contributed by atoms with Crippen molar-refractivity contribution in [3.8, 4) is 0 Å². The van der Waals surface area contributed by atoms with E-state index >= 15 is 0 Å². The Morgan fingerprint density at radius 2 is 1.76 bits per heavy atom. The molecule has 0 saturated heterocycles. The van der Waals surface area contributed by atoms with Crippen LogP contribution in [-0.2, 0) is 19.2 Å². The summed E-state index contributed by atoms with van der Waals surface area (Å²) in [6, 6.07) is 1.42. The van der Waals surface area contributed by atoms with Crippen LogP contribution in [0.25, 0.3) is 0 Å². The van der Waals surface area contributed by atoms with E-state index in [0.717, 1.165) is 0 Å². The third-order valence-electron chi connectivity index (χ3n) is 2.75. The van der Waals surface area contributed by atoms with Crippen LogP contribution in [0.2, 0.25) is 0 Å². The van der Waals surface area contributed by atoms with Gasteiger partial charge in [0.2, 0.25) is 0 Å². The van der Waals surface area contributed by atoms with Crippen LogP contribution in [0, 0.1) is 0 Å². The number of hydrogen-bond acceptors (Lipinski definition) is 8. The number of anilines is 1. The summed E-state index contributed by atoms with van der Waals surface area (Å²) in [5, 5.41) is 20.7. The van der Waals surface area contributed by atoms with Crippen molar-refractivity contribution in [2.45, 2.75) is 17.8 Å². The van der Waals surface area contributed by atoms with Crippen LogP contribution in [0.1, 0.15) is 6.42 Å². The smallest absolute Gasteiger partial charge is 0.408 e. The molecule has 0 unspecified atom stereocenters. The quantitative estimate of drug-likeness (QED) is 0.0490. The number of carbonyl (C=O) groups is 4. The summed E-state index contributed by atoms with van der Waals surface area (Å²) in [5.74, 6) is -4.12. The number of nitrogens with one attached hydrogen (secondary N) is 2. The molecule has 0 saturated carbocycles. The first-order valence-corrected chi connectivity index (χ1v) is 9.60. The van der Waals surface area contributed by atoms with Crippen LogP contribution in [0.15, 0.2) is 34.6 Å². The van der Waals surface area contributed by atoms with Gasteiger partial charge in [-0.3, -0.25) is 9.59 Å². The molecule has 8 N–H and O–H groups in total. The number of carbonyl (C=O) groups excluding carboxylic acids is 2. The first-order valence-electron chi connectivity index (χ1n) is 8.61. The van der Waals surface area contributed by atoms with Gasteiger partial charge in [-0.1, -0.05) is 11.8 Å². The predicted molar refractivity (Wildman–Crippen MR) is 110 cm³/mol. The fraction of sp³-hybridized carbons (Fsp3) is 0.312. The molecule has 17 heteroatoms. The molecule has 33 heavy (non-hydrogen) atoms. The lowest BCUT2D eigenvalue weighted by Gasteiger charge is -2.07. The van der Waals surface area contributed by atoms with Crippen molar-refractivity contribution in [2.75, 3.05) is 24.2 Å². The molecule has 0 aliphatic rings. The topological polar surface area (TPSA) is 223 Å². The number of nitrogens with zero attached hydrogens (tertiary/aromatic N) is 3. The molecule has 0 radical (unpaired) electrons. The van der Waals surface area contributed by atoms with Crippen LogP contribution < -0.4 is 22.1 Å². The van der Waals surface area contributed by atoms with E-state index in [4.69, 9.17) is 21.7 Å². The van der Waals surface area contributed by atoms with Crippen molar-refractivity contribution in [3.63, 3.8) is 0 Å². The van der Waals surface area contributed by atoms with E-state index in [1.165, 1.54) is 24.0 Å². The zero-order chi connectivity index (χ0) is 25.4. The van der Waals surface area contributed by atoms with Crippen molar-refractivity contribution in [3.05, 3.63) is 24.4 Å². The summed E-state index contributed by atoms with van der Waals surface area (Å²) in [6.45, 7) is -1.14. The average molecular weight is 495 g/mol. The number of hydrogen-bond donors (Lipinski definition) is 6. The minimum absolute atomic E-state index is 0.197. The van der Waals surface area contributed by atoms with Gasteiger partial charge in [0, 0.05) is 30.6 Å². The summed E-state index contributed by atoms with van der Waals surface area (Å²) >= 11 is 1.25. The number of aromatic nitrogens is 2. The molecule has 1 aromatic rings.